The molecule has 4 aromatic rings. The lowest BCUT2D eigenvalue weighted by atomic mass is 10.1. The smallest absolute Gasteiger partial charge is 0.265 e. The van der Waals surface area contributed by atoms with Crippen LogP contribution in [0.4, 0.5) is 5.69 Å². The lowest BCUT2D eigenvalue weighted by molar-refractivity contribution is -0.122. The molecule has 32 heavy (non-hydrogen) atoms. The summed E-state index contributed by atoms with van der Waals surface area (Å²) in [6, 6.07) is 18.2. The molecule has 0 aliphatic heterocycles. The van der Waals surface area contributed by atoms with Gasteiger partial charge in [-0.2, -0.15) is 5.26 Å². The highest BCUT2D eigenvalue weighted by atomic mass is 16.5. The number of amides is 1. The summed E-state index contributed by atoms with van der Waals surface area (Å²) in [5.74, 6) is 0.934. The number of rotatable bonds is 7. The molecule has 1 aromatic heterocycles. The minimum atomic E-state index is -0.835. The van der Waals surface area contributed by atoms with Gasteiger partial charge in [0, 0.05) is 22.9 Å². The van der Waals surface area contributed by atoms with Crippen LogP contribution in [-0.4, -0.2) is 25.7 Å². The molecular formula is C25H22N2O5. The van der Waals surface area contributed by atoms with Crippen molar-refractivity contribution < 1.29 is 23.4 Å². The molecule has 0 aliphatic rings. The Labute approximate surface area is 185 Å². The average molecular weight is 430 g/mol. The third-order valence-corrected chi connectivity index (χ3v) is 5.00. The van der Waals surface area contributed by atoms with Crippen LogP contribution in [0.5, 0.6) is 17.2 Å². The monoisotopic (exact) mass is 430 g/mol. The van der Waals surface area contributed by atoms with E-state index in [1.165, 1.54) is 0 Å². The number of nitrogens with zero attached hydrogens (tertiary/aromatic N) is 1. The zero-order valence-electron chi connectivity index (χ0n) is 18.0. The summed E-state index contributed by atoms with van der Waals surface area (Å²) >= 11 is 0. The van der Waals surface area contributed by atoms with Gasteiger partial charge in [0.1, 0.15) is 16.9 Å². The first kappa shape index (κ1) is 21.1. The number of nitriles is 1. The summed E-state index contributed by atoms with van der Waals surface area (Å²) in [5, 5.41) is 13.8. The molecule has 0 bridgehead atoms. The topological polar surface area (TPSA) is 93.7 Å². The van der Waals surface area contributed by atoms with Gasteiger partial charge in [0.15, 0.2) is 17.6 Å². The summed E-state index contributed by atoms with van der Waals surface area (Å²) < 4.78 is 22.8. The number of hydrogen-bond donors (Lipinski definition) is 1. The molecule has 0 radical (unpaired) electrons. The maximum Gasteiger partial charge on any atom is 0.265 e. The number of para-hydroxylation sites is 1. The molecule has 7 heteroatoms. The van der Waals surface area contributed by atoms with E-state index < -0.39 is 6.10 Å². The van der Waals surface area contributed by atoms with Crippen LogP contribution in [0.15, 0.2) is 59.0 Å². The number of benzene rings is 3. The number of anilines is 1. The molecule has 1 amide bonds. The Morgan fingerprint density at radius 2 is 1.88 bits per heavy atom. The van der Waals surface area contributed by atoms with Crippen LogP contribution in [-0.2, 0) is 4.79 Å². The standard InChI is InChI=1S/C25H22N2O5/c1-4-30-24-11-16(14-26)9-10-21(24)31-15(2)25(28)27-19-13-22-18(12-23(19)29-3)17-7-5-6-8-20(17)32-22/h5-13,15H,4H2,1-3H3,(H,27,28)/t15-/m1/s1. The number of furan rings is 1. The van der Waals surface area contributed by atoms with E-state index in [2.05, 4.69) is 11.4 Å². The van der Waals surface area contributed by atoms with Gasteiger partial charge in [0.05, 0.1) is 31.0 Å². The molecule has 1 atom stereocenters. The van der Waals surface area contributed by atoms with Crippen molar-refractivity contribution in [1.29, 1.82) is 5.26 Å². The third-order valence-electron chi connectivity index (χ3n) is 5.00. The van der Waals surface area contributed by atoms with Crippen LogP contribution in [0, 0.1) is 11.3 Å². The highest BCUT2D eigenvalue weighted by Crippen LogP contribution is 2.36. The fourth-order valence-corrected chi connectivity index (χ4v) is 3.44. The number of nitrogens with one attached hydrogen (secondary N) is 1. The van der Waals surface area contributed by atoms with E-state index in [9.17, 15) is 4.79 Å². The van der Waals surface area contributed by atoms with Crippen molar-refractivity contribution in [3.8, 4) is 23.3 Å². The molecule has 1 heterocycles. The highest BCUT2D eigenvalue weighted by molar-refractivity contribution is 6.08. The molecule has 0 unspecified atom stereocenters. The van der Waals surface area contributed by atoms with Crippen molar-refractivity contribution in [3.63, 3.8) is 0 Å². The van der Waals surface area contributed by atoms with E-state index in [4.69, 9.17) is 23.9 Å². The zero-order valence-corrected chi connectivity index (χ0v) is 18.0. The zero-order chi connectivity index (χ0) is 22.7. The van der Waals surface area contributed by atoms with Gasteiger partial charge in [0.25, 0.3) is 5.91 Å². The van der Waals surface area contributed by atoms with E-state index >= 15 is 0 Å². The fourth-order valence-electron chi connectivity index (χ4n) is 3.44. The summed E-state index contributed by atoms with van der Waals surface area (Å²) in [6.07, 6.45) is -0.835. The Kier molecular flexibility index (Phi) is 5.86. The SMILES string of the molecule is CCOc1cc(C#N)ccc1O[C@H](C)C(=O)Nc1cc2oc3ccccc3c2cc1OC. The summed E-state index contributed by atoms with van der Waals surface area (Å²) in [4.78, 5) is 12.9. The van der Waals surface area contributed by atoms with E-state index in [1.54, 1.807) is 38.3 Å². The molecule has 0 fully saturated rings. The Balaban J connectivity index is 1.58. The Morgan fingerprint density at radius 3 is 2.62 bits per heavy atom. The van der Waals surface area contributed by atoms with Crippen LogP contribution in [0.25, 0.3) is 21.9 Å². The van der Waals surface area contributed by atoms with Crippen molar-refractivity contribution in [2.24, 2.45) is 0 Å². The van der Waals surface area contributed by atoms with Gasteiger partial charge in [-0.3, -0.25) is 4.79 Å². The molecule has 4 rings (SSSR count). The molecule has 3 aromatic carbocycles. The van der Waals surface area contributed by atoms with Crippen LogP contribution in [0.3, 0.4) is 0 Å². The number of ether oxygens (including phenoxy) is 3. The van der Waals surface area contributed by atoms with E-state index in [0.29, 0.717) is 40.7 Å². The van der Waals surface area contributed by atoms with Gasteiger partial charge in [-0.05, 0) is 38.1 Å². The summed E-state index contributed by atoms with van der Waals surface area (Å²) in [6.45, 7) is 3.87. The molecule has 7 nitrogen and oxygen atoms in total. The predicted octanol–water partition coefficient (Wildman–Crippen LogP) is 5.27. The summed E-state index contributed by atoms with van der Waals surface area (Å²) in [5.41, 5.74) is 2.32. The minimum absolute atomic E-state index is 0.370. The minimum Gasteiger partial charge on any atom is -0.495 e. The molecule has 162 valence electrons. The van der Waals surface area contributed by atoms with Crippen molar-refractivity contribution in [2.45, 2.75) is 20.0 Å². The first-order valence-electron chi connectivity index (χ1n) is 10.2. The van der Waals surface area contributed by atoms with Gasteiger partial charge < -0.3 is 23.9 Å². The van der Waals surface area contributed by atoms with E-state index in [1.807, 2.05) is 37.3 Å². The fraction of sp³-hybridized carbons (Fsp3) is 0.200. The Morgan fingerprint density at radius 1 is 1.06 bits per heavy atom. The first-order chi connectivity index (χ1) is 15.5. The van der Waals surface area contributed by atoms with Gasteiger partial charge in [0.2, 0.25) is 0 Å². The second-order valence-electron chi connectivity index (χ2n) is 7.10. The van der Waals surface area contributed by atoms with Gasteiger partial charge in [-0.25, -0.2) is 0 Å². The molecule has 1 N–H and O–H groups in total. The second-order valence-corrected chi connectivity index (χ2v) is 7.10. The van der Waals surface area contributed by atoms with Crippen molar-refractivity contribution >= 4 is 33.5 Å². The molecular weight excluding hydrogens is 408 g/mol. The van der Waals surface area contributed by atoms with Crippen LogP contribution in [0.1, 0.15) is 19.4 Å². The summed E-state index contributed by atoms with van der Waals surface area (Å²) in [7, 11) is 1.55. The van der Waals surface area contributed by atoms with Gasteiger partial charge >= 0.3 is 0 Å². The highest BCUT2D eigenvalue weighted by Gasteiger charge is 2.20. The molecule has 0 spiro atoms. The quantitative estimate of drug-likeness (QED) is 0.429. The van der Waals surface area contributed by atoms with E-state index in [0.717, 1.165) is 16.4 Å². The van der Waals surface area contributed by atoms with Crippen molar-refractivity contribution in [1.82, 2.24) is 0 Å². The van der Waals surface area contributed by atoms with Gasteiger partial charge in [-0.15, -0.1) is 0 Å². The Hall–Kier alpha value is -4.18. The van der Waals surface area contributed by atoms with Crippen LogP contribution >= 0.6 is 0 Å². The lowest BCUT2D eigenvalue weighted by Crippen LogP contribution is -2.30. The number of carbonyl (C=O) groups excluding carboxylic acids is 1. The lowest BCUT2D eigenvalue weighted by Gasteiger charge is -2.18. The first-order valence-corrected chi connectivity index (χ1v) is 10.2. The molecule has 0 aliphatic carbocycles. The molecule has 0 saturated heterocycles. The number of fused-ring (bicyclic) bond motifs is 3. The Bertz CT molecular complexity index is 1340. The maximum atomic E-state index is 12.9. The van der Waals surface area contributed by atoms with Crippen LogP contribution < -0.4 is 19.5 Å². The molecule has 0 saturated carbocycles. The number of carbonyl (C=O) groups is 1. The van der Waals surface area contributed by atoms with E-state index in [-0.39, 0.29) is 5.91 Å². The maximum absolute atomic E-state index is 12.9. The number of hydrogen-bond acceptors (Lipinski definition) is 6. The second kappa shape index (κ2) is 8.90. The average Bonchev–Trinajstić information content (AvgIpc) is 3.17. The van der Waals surface area contributed by atoms with Crippen LogP contribution in [0.2, 0.25) is 0 Å². The number of methoxy groups -OCH3 is 1. The largest absolute Gasteiger partial charge is 0.495 e. The van der Waals surface area contributed by atoms with Crippen molar-refractivity contribution in [3.05, 3.63) is 60.2 Å². The van der Waals surface area contributed by atoms with Crippen molar-refractivity contribution in [2.75, 3.05) is 19.0 Å². The normalized spacial score (nSPS) is 11.7. The third kappa shape index (κ3) is 4.03. The van der Waals surface area contributed by atoms with Gasteiger partial charge in [-0.1, -0.05) is 18.2 Å². The predicted molar refractivity (Wildman–Crippen MR) is 121 cm³/mol.